The molecule has 3 aromatic rings. The van der Waals surface area contributed by atoms with E-state index in [9.17, 15) is 9.59 Å². The van der Waals surface area contributed by atoms with E-state index in [4.69, 9.17) is 9.47 Å². The van der Waals surface area contributed by atoms with E-state index in [2.05, 4.69) is 20.9 Å². The van der Waals surface area contributed by atoms with E-state index in [-0.39, 0.29) is 12.2 Å². The lowest BCUT2D eigenvalue weighted by atomic mass is 9.96. The molecule has 1 aliphatic rings. The maximum atomic E-state index is 13.5. The first-order chi connectivity index (χ1) is 15.4. The highest BCUT2D eigenvalue weighted by molar-refractivity contribution is 9.10. The molecule has 1 aliphatic heterocycles. The van der Waals surface area contributed by atoms with Crippen LogP contribution in [0.15, 0.2) is 74.1 Å². The van der Waals surface area contributed by atoms with Crippen molar-refractivity contribution in [2.24, 2.45) is 4.99 Å². The van der Waals surface area contributed by atoms with Crippen molar-refractivity contribution in [3.8, 4) is 5.75 Å². The SMILES string of the molecule is CCOC(=O)C1=C(C)N=c2s/c(=C\c3cccc(Br)c3)c(=O)n2[C@@H]1c1ccc(OC)cc1. The summed E-state index contributed by atoms with van der Waals surface area (Å²) in [6, 6.07) is 14.4. The van der Waals surface area contributed by atoms with E-state index in [1.54, 1.807) is 25.5 Å². The monoisotopic (exact) mass is 512 g/mol. The van der Waals surface area contributed by atoms with Crippen LogP contribution in [0.4, 0.5) is 0 Å². The summed E-state index contributed by atoms with van der Waals surface area (Å²) < 4.78 is 13.6. The average molecular weight is 513 g/mol. The second-order valence-corrected chi connectivity index (χ2v) is 9.06. The van der Waals surface area contributed by atoms with Gasteiger partial charge in [-0.05, 0) is 55.3 Å². The molecule has 4 rings (SSSR count). The zero-order valence-electron chi connectivity index (χ0n) is 17.8. The number of allylic oxidation sites excluding steroid dienone is 1. The van der Waals surface area contributed by atoms with Crippen molar-refractivity contribution in [1.82, 2.24) is 4.57 Å². The van der Waals surface area contributed by atoms with Crippen molar-refractivity contribution in [2.75, 3.05) is 13.7 Å². The molecule has 0 saturated carbocycles. The van der Waals surface area contributed by atoms with Crippen molar-refractivity contribution in [2.45, 2.75) is 19.9 Å². The summed E-state index contributed by atoms with van der Waals surface area (Å²) in [6.45, 7) is 3.76. The van der Waals surface area contributed by atoms with Crippen LogP contribution in [0.5, 0.6) is 5.75 Å². The van der Waals surface area contributed by atoms with Gasteiger partial charge in [0.15, 0.2) is 4.80 Å². The highest BCUT2D eigenvalue weighted by Crippen LogP contribution is 2.31. The minimum Gasteiger partial charge on any atom is -0.497 e. The molecule has 6 nitrogen and oxygen atoms in total. The van der Waals surface area contributed by atoms with Crippen molar-refractivity contribution in [1.29, 1.82) is 0 Å². The van der Waals surface area contributed by atoms with Crippen molar-refractivity contribution < 1.29 is 14.3 Å². The summed E-state index contributed by atoms with van der Waals surface area (Å²) in [5.74, 6) is 0.213. The maximum Gasteiger partial charge on any atom is 0.338 e. The van der Waals surface area contributed by atoms with Crippen molar-refractivity contribution in [3.05, 3.63) is 95.1 Å². The Bertz CT molecular complexity index is 1390. The number of hydrogen-bond acceptors (Lipinski definition) is 6. The highest BCUT2D eigenvalue weighted by Gasteiger charge is 2.33. The summed E-state index contributed by atoms with van der Waals surface area (Å²) in [7, 11) is 1.59. The number of nitrogens with zero attached hydrogens (tertiary/aromatic N) is 2. The molecule has 1 atom stereocenters. The number of hydrogen-bond donors (Lipinski definition) is 0. The Labute approximate surface area is 197 Å². The van der Waals surface area contributed by atoms with Crippen LogP contribution in [0.3, 0.4) is 0 Å². The van der Waals surface area contributed by atoms with Gasteiger partial charge >= 0.3 is 5.97 Å². The van der Waals surface area contributed by atoms with Gasteiger partial charge in [-0.1, -0.05) is 51.5 Å². The van der Waals surface area contributed by atoms with Crippen LogP contribution in [0.1, 0.15) is 31.0 Å². The molecule has 1 aromatic heterocycles. The molecule has 164 valence electrons. The van der Waals surface area contributed by atoms with Gasteiger partial charge in [-0.15, -0.1) is 0 Å². The molecule has 0 bridgehead atoms. The first kappa shape index (κ1) is 22.2. The quantitative estimate of drug-likeness (QED) is 0.490. The minimum absolute atomic E-state index is 0.205. The van der Waals surface area contributed by atoms with Crippen LogP contribution < -0.4 is 19.6 Å². The fourth-order valence-electron chi connectivity index (χ4n) is 3.64. The number of thiazole rings is 1. The molecule has 32 heavy (non-hydrogen) atoms. The molecule has 2 aromatic carbocycles. The summed E-state index contributed by atoms with van der Waals surface area (Å²) in [6.07, 6.45) is 1.84. The summed E-state index contributed by atoms with van der Waals surface area (Å²) >= 11 is 4.76. The van der Waals surface area contributed by atoms with E-state index in [1.807, 2.05) is 54.6 Å². The third-order valence-corrected chi connectivity index (χ3v) is 6.57. The van der Waals surface area contributed by atoms with Gasteiger partial charge in [0.25, 0.3) is 5.56 Å². The smallest absolute Gasteiger partial charge is 0.338 e. The lowest BCUT2D eigenvalue weighted by Gasteiger charge is -2.24. The number of halogens is 1. The Kier molecular flexibility index (Phi) is 6.43. The molecule has 0 amide bonds. The van der Waals surface area contributed by atoms with Gasteiger partial charge in [0.2, 0.25) is 0 Å². The lowest BCUT2D eigenvalue weighted by molar-refractivity contribution is -0.139. The lowest BCUT2D eigenvalue weighted by Crippen LogP contribution is -2.39. The van der Waals surface area contributed by atoms with Gasteiger partial charge in [-0.25, -0.2) is 9.79 Å². The molecular formula is C24H21BrN2O4S. The van der Waals surface area contributed by atoms with Crippen LogP contribution in [0.25, 0.3) is 6.08 Å². The molecule has 0 spiro atoms. The summed E-state index contributed by atoms with van der Waals surface area (Å²) in [4.78, 5) is 31.5. The largest absolute Gasteiger partial charge is 0.497 e. The van der Waals surface area contributed by atoms with E-state index in [0.717, 1.165) is 15.6 Å². The second kappa shape index (κ2) is 9.26. The van der Waals surface area contributed by atoms with Gasteiger partial charge in [-0.2, -0.15) is 0 Å². The topological polar surface area (TPSA) is 69.9 Å². The van der Waals surface area contributed by atoms with Gasteiger partial charge in [0.1, 0.15) is 5.75 Å². The Balaban J connectivity index is 1.94. The number of rotatable bonds is 5. The minimum atomic E-state index is -0.638. The molecule has 0 fully saturated rings. The number of fused-ring (bicyclic) bond motifs is 1. The molecule has 0 radical (unpaired) electrons. The third-order valence-electron chi connectivity index (χ3n) is 5.10. The van der Waals surface area contributed by atoms with E-state index >= 15 is 0 Å². The molecule has 8 heteroatoms. The Morgan fingerprint density at radius 1 is 1.25 bits per heavy atom. The molecule has 0 saturated heterocycles. The Morgan fingerprint density at radius 2 is 2.00 bits per heavy atom. The number of esters is 1. The summed E-state index contributed by atoms with van der Waals surface area (Å²) in [5.41, 5.74) is 2.37. The number of carbonyl (C=O) groups excluding carboxylic acids is 1. The van der Waals surface area contributed by atoms with Gasteiger partial charge < -0.3 is 9.47 Å². The number of carbonyl (C=O) groups is 1. The van der Waals surface area contributed by atoms with Crippen LogP contribution in [-0.2, 0) is 9.53 Å². The molecule has 2 heterocycles. The highest BCUT2D eigenvalue weighted by atomic mass is 79.9. The first-order valence-electron chi connectivity index (χ1n) is 10.0. The fourth-order valence-corrected chi connectivity index (χ4v) is 5.10. The number of benzene rings is 2. The standard InChI is InChI=1S/C24H21BrN2O4S/c1-4-31-23(29)20-14(2)26-24-27(21(20)16-8-10-18(30-3)11-9-16)22(28)19(32-24)13-15-6-5-7-17(25)12-15/h5-13,21H,4H2,1-3H3/b19-13-/t21-/m1/s1. The van der Waals surface area contributed by atoms with Crippen molar-refractivity contribution in [3.63, 3.8) is 0 Å². The van der Waals surface area contributed by atoms with Gasteiger partial charge in [-0.3, -0.25) is 9.36 Å². The molecule has 0 unspecified atom stereocenters. The Hall–Kier alpha value is -2.97. The zero-order chi connectivity index (χ0) is 22.8. The molecular weight excluding hydrogens is 492 g/mol. The average Bonchev–Trinajstić information content (AvgIpc) is 3.07. The predicted octanol–water partition coefficient (Wildman–Crippen LogP) is 3.57. The normalized spacial score (nSPS) is 15.9. The van der Waals surface area contributed by atoms with Crippen LogP contribution in [0, 0.1) is 0 Å². The third kappa shape index (κ3) is 4.20. The fraction of sp³-hybridized carbons (Fsp3) is 0.208. The van der Waals surface area contributed by atoms with Crippen LogP contribution in [0.2, 0.25) is 0 Å². The summed E-state index contributed by atoms with van der Waals surface area (Å²) in [5, 5.41) is 0. The van der Waals surface area contributed by atoms with Gasteiger partial charge in [0, 0.05) is 4.47 Å². The van der Waals surface area contributed by atoms with E-state index in [0.29, 0.717) is 26.4 Å². The van der Waals surface area contributed by atoms with Crippen LogP contribution >= 0.6 is 27.3 Å². The van der Waals surface area contributed by atoms with Gasteiger partial charge in [0.05, 0.1) is 35.6 Å². The number of methoxy groups -OCH3 is 1. The predicted molar refractivity (Wildman–Crippen MR) is 128 cm³/mol. The molecule has 0 aliphatic carbocycles. The van der Waals surface area contributed by atoms with Crippen LogP contribution in [-0.4, -0.2) is 24.3 Å². The van der Waals surface area contributed by atoms with E-state index in [1.165, 1.54) is 11.3 Å². The number of ether oxygens (including phenoxy) is 2. The zero-order valence-corrected chi connectivity index (χ0v) is 20.2. The van der Waals surface area contributed by atoms with Crippen molar-refractivity contribution >= 4 is 39.3 Å². The second-order valence-electron chi connectivity index (χ2n) is 7.13. The Morgan fingerprint density at radius 3 is 2.66 bits per heavy atom. The molecule has 0 N–H and O–H groups in total. The number of aromatic nitrogens is 1. The van der Waals surface area contributed by atoms with E-state index < -0.39 is 12.0 Å². The maximum absolute atomic E-state index is 13.5. The first-order valence-corrected chi connectivity index (χ1v) is 11.6.